The molecule has 0 amide bonds. The zero-order valence-electron chi connectivity index (χ0n) is 21.6. The summed E-state index contributed by atoms with van der Waals surface area (Å²) in [6.07, 6.45) is 14.9. The van der Waals surface area contributed by atoms with Crippen molar-refractivity contribution in [3.8, 4) is 5.75 Å². The summed E-state index contributed by atoms with van der Waals surface area (Å²) in [6.45, 7) is 6.23. The Kier molecular flexibility index (Phi) is 18.5. The van der Waals surface area contributed by atoms with Crippen molar-refractivity contribution in [3.63, 3.8) is 0 Å². The van der Waals surface area contributed by atoms with E-state index in [1.165, 1.54) is 57.8 Å². The van der Waals surface area contributed by atoms with Gasteiger partial charge in [-0.05, 0) is 25.5 Å². The predicted octanol–water partition coefficient (Wildman–Crippen LogP) is 7.01. The zero-order chi connectivity index (χ0) is 24.7. The highest BCUT2D eigenvalue weighted by Crippen LogP contribution is 2.26. The summed E-state index contributed by atoms with van der Waals surface area (Å²) in [5, 5.41) is 10.0. The number of unbranched alkanes of at least 4 members (excludes halogenated alkanes) is 11. The molecule has 0 saturated heterocycles. The molecule has 0 radical (unpaired) electrons. The van der Waals surface area contributed by atoms with Gasteiger partial charge in [-0.25, -0.2) is 4.79 Å². The van der Waals surface area contributed by atoms with Crippen molar-refractivity contribution in [1.82, 2.24) is 0 Å². The van der Waals surface area contributed by atoms with Crippen LogP contribution < -0.4 is 4.74 Å². The number of carboxylic acids is 1. The third-order valence-corrected chi connectivity index (χ3v) is 5.85. The maximum absolute atomic E-state index is 12.3. The Hall–Kier alpha value is -1.63. The van der Waals surface area contributed by atoms with Crippen molar-refractivity contribution in [2.75, 3.05) is 33.0 Å². The molecule has 0 fully saturated rings. The highest BCUT2D eigenvalue weighted by atomic mass is 16.7. The molecular formula is C28H48O6. The van der Waals surface area contributed by atoms with Gasteiger partial charge in [-0.2, -0.15) is 0 Å². The molecule has 0 aromatic heterocycles. The van der Waals surface area contributed by atoms with Crippen LogP contribution >= 0.6 is 0 Å². The van der Waals surface area contributed by atoms with Crippen LogP contribution in [0.15, 0.2) is 30.3 Å². The van der Waals surface area contributed by atoms with Gasteiger partial charge < -0.3 is 24.1 Å². The molecule has 1 aromatic carbocycles. The molecule has 1 rings (SSSR count). The average Bonchev–Trinajstić information content (AvgIpc) is 2.84. The number of rotatable bonds is 24. The maximum atomic E-state index is 12.3. The number of ether oxygens (including phenoxy) is 4. The monoisotopic (exact) mass is 480 g/mol. The molecule has 0 heterocycles. The molecule has 0 spiro atoms. The molecule has 1 aromatic rings. The SMILES string of the molecule is CCCCCCCCCCCCCCC(OCCOCCOCC)(Oc1ccccc1)C(=O)O. The normalized spacial score (nSPS) is 13.0. The quantitative estimate of drug-likeness (QED) is 0.127. The van der Waals surface area contributed by atoms with Gasteiger partial charge in [0.1, 0.15) is 5.75 Å². The molecule has 0 saturated carbocycles. The number of carbonyl (C=O) groups is 1. The van der Waals surface area contributed by atoms with Crippen LogP contribution in [-0.2, 0) is 19.0 Å². The van der Waals surface area contributed by atoms with Crippen LogP contribution in [-0.4, -0.2) is 49.9 Å². The Bertz CT molecular complexity index is 594. The second-order valence-corrected chi connectivity index (χ2v) is 8.77. The van der Waals surface area contributed by atoms with E-state index in [9.17, 15) is 9.90 Å². The molecule has 0 aliphatic heterocycles. The van der Waals surface area contributed by atoms with Gasteiger partial charge in [-0.3, -0.25) is 0 Å². The lowest BCUT2D eigenvalue weighted by molar-refractivity contribution is -0.218. The summed E-state index contributed by atoms with van der Waals surface area (Å²) in [6, 6.07) is 9.02. The van der Waals surface area contributed by atoms with Crippen LogP contribution in [0.1, 0.15) is 97.3 Å². The Morgan fingerprint density at radius 3 is 1.82 bits per heavy atom. The lowest BCUT2D eigenvalue weighted by Gasteiger charge is -2.30. The largest absolute Gasteiger partial charge is 0.476 e. The zero-order valence-corrected chi connectivity index (χ0v) is 21.6. The molecule has 1 N–H and O–H groups in total. The van der Waals surface area contributed by atoms with Crippen LogP contribution in [0.25, 0.3) is 0 Å². The van der Waals surface area contributed by atoms with Gasteiger partial charge in [0.05, 0.1) is 26.4 Å². The topological polar surface area (TPSA) is 74.2 Å². The minimum Gasteiger partial charge on any atom is -0.476 e. The van der Waals surface area contributed by atoms with Crippen molar-refractivity contribution >= 4 is 5.97 Å². The summed E-state index contributed by atoms with van der Waals surface area (Å²) in [5.74, 6) is -2.32. The molecular weight excluding hydrogens is 432 g/mol. The molecule has 196 valence electrons. The van der Waals surface area contributed by atoms with Gasteiger partial charge in [0.15, 0.2) is 0 Å². The molecule has 0 aliphatic rings. The van der Waals surface area contributed by atoms with Gasteiger partial charge in [0, 0.05) is 13.0 Å². The van der Waals surface area contributed by atoms with E-state index in [1.807, 2.05) is 25.1 Å². The van der Waals surface area contributed by atoms with E-state index in [0.29, 0.717) is 38.6 Å². The molecule has 6 heteroatoms. The number of para-hydroxylation sites is 1. The summed E-state index contributed by atoms with van der Waals surface area (Å²) in [5.41, 5.74) is 0. The van der Waals surface area contributed by atoms with Crippen molar-refractivity contribution in [2.45, 2.75) is 103 Å². The first kappa shape index (κ1) is 30.4. The van der Waals surface area contributed by atoms with E-state index in [2.05, 4.69) is 6.92 Å². The Morgan fingerprint density at radius 2 is 1.26 bits per heavy atom. The number of hydrogen-bond acceptors (Lipinski definition) is 5. The van der Waals surface area contributed by atoms with E-state index >= 15 is 0 Å². The molecule has 6 nitrogen and oxygen atoms in total. The minimum absolute atomic E-state index is 0.142. The smallest absolute Gasteiger partial charge is 0.377 e. The van der Waals surface area contributed by atoms with Crippen LogP contribution in [0.5, 0.6) is 5.75 Å². The fourth-order valence-corrected chi connectivity index (χ4v) is 3.87. The van der Waals surface area contributed by atoms with Gasteiger partial charge in [0.2, 0.25) is 0 Å². The number of carboxylic acid groups (broad SMARTS) is 1. The second kappa shape index (κ2) is 20.7. The first-order valence-electron chi connectivity index (χ1n) is 13.4. The lowest BCUT2D eigenvalue weighted by atomic mass is 10.0. The summed E-state index contributed by atoms with van der Waals surface area (Å²) in [4.78, 5) is 12.3. The molecule has 34 heavy (non-hydrogen) atoms. The van der Waals surface area contributed by atoms with Crippen molar-refractivity contribution in [3.05, 3.63) is 30.3 Å². The second-order valence-electron chi connectivity index (χ2n) is 8.77. The highest BCUT2D eigenvalue weighted by Gasteiger charge is 2.42. The van der Waals surface area contributed by atoms with Crippen LogP contribution in [0, 0.1) is 0 Å². The van der Waals surface area contributed by atoms with E-state index in [-0.39, 0.29) is 6.61 Å². The highest BCUT2D eigenvalue weighted by molar-refractivity contribution is 5.76. The Labute approximate surface area is 207 Å². The number of hydrogen-bond donors (Lipinski definition) is 1. The molecule has 0 aliphatic carbocycles. The molecule has 1 unspecified atom stereocenters. The molecule has 0 bridgehead atoms. The predicted molar refractivity (Wildman–Crippen MR) is 136 cm³/mol. The van der Waals surface area contributed by atoms with E-state index in [1.54, 1.807) is 12.1 Å². The summed E-state index contributed by atoms with van der Waals surface area (Å²) < 4.78 is 22.4. The summed E-state index contributed by atoms with van der Waals surface area (Å²) >= 11 is 0. The standard InChI is InChI=1S/C28H48O6/c1-3-5-6-7-8-9-10-11-12-13-14-18-21-28(27(29)30,34-26-19-16-15-17-20-26)33-25-24-32-23-22-31-4-2/h15-17,19-20H,3-14,18,21-25H2,1-2H3,(H,29,30). The number of aliphatic carboxylic acids is 1. The minimum atomic E-state index is -1.71. The van der Waals surface area contributed by atoms with Gasteiger partial charge >= 0.3 is 11.8 Å². The van der Waals surface area contributed by atoms with E-state index in [4.69, 9.17) is 18.9 Å². The Morgan fingerprint density at radius 1 is 0.735 bits per heavy atom. The van der Waals surface area contributed by atoms with Crippen molar-refractivity contribution < 1.29 is 28.8 Å². The first-order valence-corrected chi connectivity index (χ1v) is 13.4. The van der Waals surface area contributed by atoms with E-state index in [0.717, 1.165) is 19.3 Å². The van der Waals surface area contributed by atoms with Crippen LogP contribution in [0.4, 0.5) is 0 Å². The summed E-state index contributed by atoms with van der Waals surface area (Å²) in [7, 11) is 0. The number of benzene rings is 1. The fourth-order valence-electron chi connectivity index (χ4n) is 3.87. The molecule has 1 atom stereocenters. The van der Waals surface area contributed by atoms with Crippen molar-refractivity contribution in [1.29, 1.82) is 0 Å². The lowest BCUT2D eigenvalue weighted by Crippen LogP contribution is -2.48. The van der Waals surface area contributed by atoms with Gasteiger partial charge in [0.25, 0.3) is 0 Å². The average molecular weight is 481 g/mol. The third-order valence-electron chi connectivity index (χ3n) is 5.85. The first-order chi connectivity index (χ1) is 16.6. The van der Waals surface area contributed by atoms with Crippen LogP contribution in [0.3, 0.4) is 0 Å². The van der Waals surface area contributed by atoms with Crippen LogP contribution in [0.2, 0.25) is 0 Å². The van der Waals surface area contributed by atoms with E-state index < -0.39 is 11.8 Å². The Balaban J connectivity index is 2.39. The maximum Gasteiger partial charge on any atom is 0.377 e. The van der Waals surface area contributed by atoms with Crippen molar-refractivity contribution in [2.24, 2.45) is 0 Å². The third kappa shape index (κ3) is 14.6. The van der Waals surface area contributed by atoms with Gasteiger partial charge in [-0.1, -0.05) is 95.8 Å². The fraction of sp³-hybridized carbons (Fsp3) is 0.750. The van der Waals surface area contributed by atoms with Gasteiger partial charge in [-0.15, -0.1) is 0 Å².